The first kappa shape index (κ1) is 16.3. The fourth-order valence-corrected chi connectivity index (χ4v) is 3.88. The highest BCUT2D eigenvalue weighted by molar-refractivity contribution is 9.09. The number of hydrogen-bond acceptors (Lipinski definition) is 2. The molecule has 1 aromatic rings. The van der Waals surface area contributed by atoms with E-state index in [1.807, 2.05) is 24.3 Å². The Bertz CT molecular complexity index is 464. The van der Waals surface area contributed by atoms with Crippen molar-refractivity contribution in [2.75, 3.05) is 19.0 Å². The Morgan fingerprint density at radius 3 is 2.81 bits per heavy atom. The molecule has 0 saturated heterocycles. The van der Waals surface area contributed by atoms with Gasteiger partial charge in [0, 0.05) is 11.9 Å². The van der Waals surface area contributed by atoms with Crippen LogP contribution < -0.4 is 10.1 Å². The van der Waals surface area contributed by atoms with Crippen LogP contribution in [0, 0.1) is 11.8 Å². The highest BCUT2D eigenvalue weighted by Gasteiger charge is 2.24. The molecule has 1 aliphatic rings. The summed E-state index contributed by atoms with van der Waals surface area (Å²) in [5, 5.41) is 4.15. The SMILES string of the molecule is COc1cccc(CC(=O)NCC2CCCCC2CBr)c1. The molecule has 0 spiro atoms. The summed E-state index contributed by atoms with van der Waals surface area (Å²) in [4.78, 5) is 12.1. The Balaban J connectivity index is 1.81. The maximum atomic E-state index is 12.1. The number of benzene rings is 1. The minimum absolute atomic E-state index is 0.0992. The van der Waals surface area contributed by atoms with E-state index in [0.29, 0.717) is 18.3 Å². The summed E-state index contributed by atoms with van der Waals surface area (Å²) < 4.78 is 5.18. The summed E-state index contributed by atoms with van der Waals surface area (Å²) in [7, 11) is 1.64. The van der Waals surface area contributed by atoms with Crippen molar-refractivity contribution in [1.29, 1.82) is 0 Å². The third-order valence-corrected chi connectivity index (χ3v) is 5.16. The topological polar surface area (TPSA) is 38.3 Å². The fourth-order valence-electron chi connectivity index (χ4n) is 3.03. The van der Waals surface area contributed by atoms with E-state index in [4.69, 9.17) is 4.74 Å². The van der Waals surface area contributed by atoms with Crippen molar-refractivity contribution in [2.45, 2.75) is 32.1 Å². The second kappa shape index (κ2) is 8.42. The molecule has 0 heterocycles. The van der Waals surface area contributed by atoms with Crippen molar-refractivity contribution in [3.05, 3.63) is 29.8 Å². The molecule has 2 rings (SSSR count). The van der Waals surface area contributed by atoms with E-state index in [1.54, 1.807) is 7.11 Å². The van der Waals surface area contributed by atoms with Crippen molar-refractivity contribution >= 4 is 21.8 Å². The van der Waals surface area contributed by atoms with Gasteiger partial charge in [0.05, 0.1) is 13.5 Å². The van der Waals surface area contributed by atoms with Crippen LogP contribution in [0.1, 0.15) is 31.2 Å². The molecule has 0 bridgehead atoms. The van der Waals surface area contributed by atoms with Gasteiger partial charge in [-0.05, 0) is 42.4 Å². The van der Waals surface area contributed by atoms with Gasteiger partial charge >= 0.3 is 0 Å². The summed E-state index contributed by atoms with van der Waals surface area (Å²) in [5.41, 5.74) is 0.993. The van der Waals surface area contributed by atoms with Crippen LogP contribution in [0.3, 0.4) is 0 Å². The largest absolute Gasteiger partial charge is 0.497 e. The maximum absolute atomic E-state index is 12.1. The standard InChI is InChI=1S/C17H24BrNO2/c1-21-16-8-4-5-13(9-16)10-17(20)19-12-15-7-3-2-6-14(15)11-18/h4-5,8-9,14-15H,2-3,6-7,10-12H2,1H3,(H,19,20). The van der Waals surface area contributed by atoms with Crippen molar-refractivity contribution in [1.82, 2.24) is 5.32 Å². The molecule has 1 aromatic carbocycles. The Labute approximate surface area is 135 Å². The van der Waals surface area contributed by atoms with Gasteiger partial charge < -0.3 is 10.1 Å². The van der Waals surface area contributed by atoms with E-state index in [2.05, 4.69) is 21.2 Å². The summed E-state index contributed by atoms with van der Waals surface area (Å²) in [6, 6.07) is 7.69. The third-order valence-electron chi connectivity index (χ3n) is 4.32. The van der Waals surface area contributed by atoms with Crippen LogP contribution in [-0.2, 0) is 11.2 Å². The third kappa shape index (κ3) is 5.03. The lowest BCUT2D eigenvalue weighted by Gasteiger charge is -2.30. The Hall–Kier alpha value is -1.03. The highest BCUT2D eigenvalue weighted by Crippen LogP contribution is 2.30. The van der Waals surface area contributed by atoms with Crippen LogP contribution in [0.25, 0.3) is 0 Å². The number of alkyl halides is 1. The molecular formula is C17H24BrNO2. The number of rotatable bonds is 6. The summed E-state index contributed by atoms with van der Waals surface area (Å²) in [6.07, 6.45) is 5.55. The highest BCUT2D eigenvalue weighted by atomic mass is 79.9. The molecule has 21 heavy (non-hydrogen) atoms. The number of nitrogens with one attached hydrogen (secondary N) is 1. The van der Waals surface area contributed by atoms with Gasteiger partial charge in [-0.25, -0.2) is 0 Å². The molecule has 116 valence electrons. The van der Waals surface area contributed by atoms with E-state index in [0.717, 1.165) is 23.2 Å². The molecule has 2 atom stereocenters. The van der Waals surface area contributed by atoms with Crippen LogP contribution in [-0.4, -0.2) is 24.9 Å². The summed E-state index contributed by atoms with van der Waals surface area (Å²) in [5.74, 6) is 2.22. The van der Waals surface area contributed by atoms with Gasteiger partial charge in [0.1, 0.15) is 5.75 Å². The Morgan fingerprint density at radius 1 is 1.33 bits per heavy atom. The summed E-state index contributed by atoms with van der Waals surface area (Å²) in [6.45, 7) is 0.805. The average Bonchev–Trinajstić information content (AvgIpc) is 2.53. The van der Waals surface area contributed by atoms with Gasteiger partial charge in [0.15, 0.2) is 0 Å². The second-order valence-corrected chi connectivity index (χ2v) is 6.44. The van der Waals surface area contributed by atoms with Crippen molar-refractivity contribution in [3.63, 3.8) is 0 Å². The molecule has 0 radical (unpaired) electrons. The van der Waals surface area contributed by atoms with E-state index in [9.17, 15) is 4.79 Å². The number of amides is 1. The minimum Gasteiger partial charge on any atom is -0.497 e. The second-order valence-electron chi connectivity index (χ2n) is 5.79. The zero-order valence-corrected chi connectivity index (χ0v) is 14.2. The predicted octanol–water partition coefficient (Wildman–Crippen LogP) is 3.56. The molecule has 1 amide bonds. The first-order chi connectivity index (χ1) is 10.2. The normalized spacial score (nSPS) is 21.8. The first-order valence-corrected chi connectivity index (χ1v) is 8.80. The number of hydrogen-bond donors (Lipinski definition) is 1. The Morgan fingerprint density at radius 2 is 2.10 bits per heavy atom. The molecule has 1 fully saturated rings. The summed E-state index contributed by atoms with van der Waals surface area (Å²) >= 11 is 3.60. The van der Waals surface area contributed by atoms with E-state index in [1.165, 1.54) is 25.7 Å². The average molecular weight is 354 g/mol. The molecule has 0 aliphatic heterocycles. The van der Waals surface area contributed by atoms with Gasteiger partial charge in [0.2, 0.25) is 5.91 Å². The van der Waals surface area contributed by atoms with E-state index in [-0.39, 0.29) is 5.91 Å². The molecule has 1 N–H and O–H groups in total. The molecule has 2 unspecified atom stereocenters. The Kier molecular flexibility index (Phi) is 6.55. The number of ether oxygens (including phenoxy) is 1. The van der Waals surface area contributed by atoms with Gasteiger partial charge in [-0.2, -0.15) is 0 Å². The number of methoxy groups -OCH3 is 1. The van der Waals surface area contributed by atoms with Crippen molar-refractivity contribution in [3.8, 4) is 5.75 Å². The number of halogens is 1. The zero-order valence-electron chi connectivity index (χ0n) is 12.6. The molecule has 1 saturated carbocycles. The van der Waals surface area contributed by atoms with Crippen LogP contribution in [0.15, 0.2) is 24.3 Å². The van der Waals surface area contributed by atoms with Gasteiger partial charge in [-0.15, -0.1) is 0 Å². The lowest BCUT2D eigenvalue weighted by atomic mass is 9.80. The lowest BCUT2D eigenvalue weighted by molar-refractivity contribution is -0.120. The lowest BCUT2D eigenvalue weighted by Crippen LogP contribution is -2.35. The van der Waals surface area contributed by atoms with Crippen LogP contribution in [0.2, 0.25) is 0 Å². The first-order valence-electron chi connectivity index (χ1n) is 7.68. The van der Waals surface area contributed by atoms with E-state index >= 15 is 0 Å². The van der Waals surface area contributed by atoms with Crippen molar-refractivity contribution in [2.24, 2.45) is 11.8 Å². The molecule has 3 nitrogen and oxygen atoms in total. The minimum atomic E-state index is 0.0992. The van der Waals surface area contributed by atoms with Crippen LogP contribution in [0.4, 0.5) is 0 Å². The van der Waals surface area contributed by atoms with Crippen molar-refractivity contribution < 1.29 is 9.53 Å². The van der Waals surface area contributed by atoms with Gasteiger partial charge in [0.25, 0.3) is 0 Å². The van der Waals surface area contributed by atoms with Crippen LogP contribution >= 0.6 is 15.9 Å². The zero-order chi connectivity index (χ0) is 15.1. The monoisotopic (exact) mass is 353 g/mol. The molecular weight excluding hydrogens is 330 g/mol. The van der Waals surface area contributed by atoms with E-state index < -0.39 is 0 Å². The van der Waals surface area contributed by atoms with Gasteiger partial charge in [-0.1, -0.05) is 40.9 Å². The maximum Gasteiger partial charge on any atom is 0.224 e. The quantitative estimate of drug-likeness (QED) is 0.794. The molecule has 4 heteroatoms. The molecule has 0 aromatic heterocycles. The van der Waals surface area contributed by atoms with Gasteiger partial charge in [-0.3, -0.25) is 4.79 Å². The van der Waals surface area contributed by atoms with Crippen LogP contribution in [0.5, 0.6) is 5.75 Å². The fraction of sp³-hybridized carbons (Fsp3) is 0.588. The smallest absolute Gasteiger partial charge is 0.224 e. The predicted molar refractivity (Wildman–Crippen MR) is 88.9 cm³/mol. The molecule has 1 aliphatic carbocycles. The number of carbonyl (C=O) groups excluding carboxylic acids is 1. The number of carbonyl (C=O) groups is 1.